The van der Waals surface area contributed by atoms with Gasteiger partial charge in [-0.2, -0.15) is 0 Å². The van der Waals surface area contributed by atoms with E-state index in [1.54, 1.807) is 0 Å². The first-order valence-corrected chi connectivity index (χ1v) is 8.60. The highest BCUT2D eigenvalue weighted by atomic mass is 16.5. The molecule has 2 aliphatic heterocycles. The van der Waals surface area contributed by atoms with Gasteiger partial charge in [0, 0.05) is 25.7 Å². The van der Waals surface area contributed by atoms with E-state index >= 15 is 0 Å². The highest BCUT2D eigenvalue weighted by Crippen LogP contribution is 2.21. The van der Waals surface area contributed by atoms with Gasteiger partial charge in [-0.15, -0.1) is 0 Å². The van der Waals surface area contributed by atoms with Crippen LogP contribution in [-0.4, -0.2) is 55.7 Å². The zero-order valence-electron chi connectivity index (χ0n) is 13.8. The van der Waals surface area contributed by atoms with E-state index in [-0.39, 0.29) is 18.0 Å². The van der Waals surface area contributed by atoms with E-state index in [0.717, 1.165) is 32.6 Å². The summed E-state index contributed by atoms with van der Waals surface area (Å²) in [5.41, 5.74) is 1.35. The monoisotopic (exact) mass is 317 g/mol. The topological polar surface area (TPSA) is 53.6 Å². The molecule has 3 atom stereocenters. The van der Waals surface area contributed by atoms with Crippen LogP contribution in [-0.2, 0) is 16.1 Å². The zero-order chi connectivity index (χ0) is 16.1. The molecule has 1 amide bonds. The number of carbonyl (C=O) groups excluding carboxylic acids is 1. The molecule has 0 radical (unpaired) electrons. The van der Waals surface area contributed by atoms with Crippen LogP contribution in [0.3, 0.4) is 0 Å². The van der Waals surface area contributed by atoms with Gasteiger partial charge in [-0.05, 0) is 31.4 Å². The Kier molecular flexibility index (Phi) is 5.65. The number of ether oxygens (including phenoxy) is 1. The summed E-state index contributed by atoms with van der Waals surface area (Å²) in [6, 6.07) is 10.6. The van der Waals surface area contributed by atoms with Crippen molar-refractivity contribution in [1.29, 1.82) is 0 Å². The second-order valence-electron chi connectivity index (χ2n) is 6.65. The van der Waals surface area contributed by atoms with Crippen molar-refractivity contribution >= 4 is 5.91 Å². The number of nitrogens with zero attached hydrogens (tertiary/aromatic N) is 1. The highest BCUT2D eigenvalue weighted by molar-refractivity contribution is 5.82. The van der Waals surface area contributed by atoms with Crippen LogP contribution in [0.1, 0.15) is 18.9 Å². The van der Waals surface area contributed by atoms with Gasteiger partial charge >= 0.3 is 0 Å². The number of nitrogens with one attached hydrogen (secondary N) is 2. The molecule has 5 nitrogen and oxygen atoms in total. The maximum Gasteiger partial charge on any atom is 0.239 e. The molecule has 5 heteroatoms. The van der Waals surface area contributed by atoms with Gasteiger partial charge in [0.15, 0.2) is 0 Å². The summed E-state index contributed by atoms with van der Waals surface area (Å²) in [7, 11) is 0. The van der Waals surface area contributed by atoms with Gasteiger partial charge in [-0.25, -0.2) is 0 Å². The Hall–Kier alpha value is -1.43. The lowest BCUT2D eigenvalue weighted by molar-refractivity contribution is -0.126. The molecule has 3 rings (SSSR count). The van der Waals surface area contributed by atoms with Crippen molar-refractivity contribution in [2.75, 3.05) is 32.8 Å². The normalized spacial score (nSPS) is 26.8. The summed E-state index contributed by atoms with van der Waals surface area (Å²) >= 11 is 0. The molecule has 0 aliphatic carbocycles. The number of rotatable bonds is 5. The van der Waals surface area contributed by atoms with E-state index in [1.807, 2.05) is 0 Å². The predicted molar refractivity (Wildman–Crippen MR) is 90.0 cm³/mol. The summed E-state index contributed by atoms with van der Waals surface area (Å²) in [5, 5.41) is 6.38. The molecule has 0 saturated carbocycles. The molecule has 2 heterocycles. The largest absolute Gasteiger partial charge is 0.378 e. The number of hydrogen-bond donors (Lipinski definition) is 2. The van der Waals surface area contributed by atoms with E-state index in [2.05, 4.69) is 52.8 Å². The Labute approximate surface area is 138 Å². The number of benzene rings is 1. The Balaban J connectivity index is 1.45. The number of carbonyl (C=O) groups is 1. The van der Waals surface area contributed by atoms with Crippen LogP contribution >= 0.6 is 0 Å². The van der Waals surface area contributed by atoms with E-state index in [9.17, 15) is 4.79 Å². The van der Waals surface area contributed by atoms with Crippen molar-refractivity contribution in [3.63, 3.8) is 0 Å². The fourth-order valence-electron chi connectivity index (χ4n) is 3.43. The summed E-state index contributed by atoms with van der Waals surface area (Å²) in [6.07, 6.45) is 1.14. The zero-order valence-corrected chi connectivity index (χ0v) is 13.8. The van der Waals surface area contributed by atoms with Gasteiger partial charge in [0.2, 0.25) is 5.91 Å². The fourth-order valence-corrected chi connectivity index (χ4v) is 3.43. The van der Waals surface area contributed by atoms with E-state index in [0.29, 0.717) is 19.1 Å². The van der Waals surface area contributed by atoms with Crippen LogP contribution in [0.2, 0.25) is 0 Å². The van der Waals surface area contributed by atoms with Crippen molar-refractivity contribution < 1.29 is 9.53 Å². The first kappa shape index (κ1) is 16.4. The third-order valence-corrected chi connectivity index (χ3v) is 4.87. The quantitative estimate of drug-likeness (QED) is 0.851. The molecule has 2 N–H and O–H groups in total. The van der Waals surface area contributed by atoms with Crippen molar-refractivity contribution in [3.05, 3.63) is 35.9 Å². The number of morpholine rings is 1. The van der Waals surface area contributed by atoms with Crippen LogP contribution in [0.25, 0.3) is 0 Å². The third-order valence-electron chi connectivity index (χ3n) is 4.87. The average Bonchev–Trinajstić information content (AvgIpc) is 3.05. The summed E-state index contributed by atoms with van der Waals surface area (Å²) in [5.74, 6) is 0.589. The van der Waals surface area contributed by atoms with Crippen LogP contribution in [0, 0.1) is 5.92 Å². The van der Waals surface area contributed by atoms with E-state index < -0.39 is 0 Å². The van der Waals surface area contributed by atoms with Gasteiger partial charge < -0.3 is 15.4 Å². The summed E-state index contributed by atoms with van der Waals surface area (Å²) in [6.45, 7) is 7.18. The molecule has 0 spiro atoms. The van der Waals surface area contributed by atoms with Gasteiger partial charge in [-0.3, -0.25) is 9.69 Å². The molecule has 2 aliphatic rings. The standard InChI is InChI=1S/C18H27N3O2/c1-14(20-18(22)17-13-23-10-8-19-17)16-7-9-21(12-16)11-15-5-3-2-4-6-15/h2-6,14,16-17,19H,7-13H2,1H3,(H,20,22). The second kappa shape index (κ2) is 7.90. The van der Waals surface area contributed by atoms with Crippen LogP contribution in [0.5, 0.6) is 0 Å². The minimum atomic E-state index is -0.201. The molecule has 2 saturated heterocycles. The van der Waals surface area contributed by atoms with Crippen LogP contribution in [0.15, 0.2) is 30.3 Å². The van der Waals surface area contributed by atoms with Gasteiger partial charge in [-0.1, -0.05) is 30.3 Å². The Morgan fingerprint density at radius 2 is 2.26 bits per heavy atom. The molecular weight excluding hydrogens is 290 g/mol. The van der Waals surface area contributed by atoms with Crippen molar-refractivity contribution in [2.45, 2.75) is 32.0 Å². The lowest BCUT2D eigenvalue weighted by atomic mass is 10.00. The van der Waals surface area contributed by atoms with Gasteiger partial charge in [0.05, 0.1) is 13.2 Å². The van der Waals surface area contributed by atoms with Crippen LogP contribution in [0.4, 0.5) is 0 Å². The predicted octanol–water partition coefficient (Wildman–Crippen LogP) is 1.00. The molecule has 0 aromatic heterocycles. The summed E-state index contributed by atoms with van der Waals surface area (Å²) in [4.78, 5) is 14.7. The van der Waals surface area contributed by atoms with E-state index in [4.69, 9.17) is 4.74 Å². The maximum absolute atomic E-state index is 12.3. The lowest BCUT2D eigenvalue weighted by Crippen LogP contribution is -2.54. The van der Waals surface area contributed by atoms with Gasteiger partial charge in [0.1, 0.15) is 6.04 Å². The first-order chi connectivity index (χ1) is 11.2. The van der Waals surface area contributed by atoms with E-state index in [1.165, 1.54) is 5.56 Å². The minimum Gasteiger partial charge on any atom is -0.378 e. The Bertz CT molecular complexity index is 502. The highest BCUT2D eigenvalue weighted by Gasteiger charge is 2.30. The lowest BCUT2D eigenvalue weighted by Gasteiger charge is -2.27. The molecule has 3 unspecified atom stereocenters. The van der Waals surface area contributed by atoms with Gasteiger partial charge in [0.25, 0.3) is 0 Å². The smallest absolute Gasteiger partial charge is 0.239 e. The molecular formula is C18H27N3O2. The van der Waals surface area contributed by atoms with Crippen molar-refractivity contribution in [3.8, 4) is 0 Å². The first-order valence-electron chi connectivity index (χ1n) is 8.60. The number of amides is 1. The average molecular weight is 317 g/mol. The molecule has 0 bridgehead atoms. The number of hydrogen-bond acceptors (Lipinski definition) is 4. The fraction of sp³-hybridized carbons (Fsp3) is 0.611. The Morgan fingerprint density at radius 1 is 1.43 bits per heavy atom. The molecule has 1 aromatic rings. The molecule has 126 valence electrons. The second-order valence-corrected chi connectivity index (χ2v) is 6.65. The van der Waals surface area contributed by atoms with Crippen molar-refractivity contribution in [1.82, 2.24) is 15.5 Å². The third kappa shape index (κ3) is 4.53. The SMILES string of the molecule is CC(NC(=O)C1COCCN1)C1CCN(Cc2ccccc2)C1. The number of likely N-dealkylation sites (tertiary alicyclic amines) is 1. The molecule has 2 fully saturated rings. The van der Waals surface area contributed by atoms with Crippen molar-refractivity contribution in [2.24, 2.45) is 5.92 Å². The summed E-state index contributed by atoms with van der Waals surface area (Å²) < 4.78 is 5.36. The Morgan fingerprint density at radius 3 is 3.00 bits per heavy atom. The van der Waals surface area contributed by atoms with Crippen LogP contribution < -0.4 is 10.6 Å². The molecule has 23 heavy (non-hydrogen) atoms. The maximum atomic E-state index is 12.3. The minimum absolute atomic E-state index is 0.0682. The molecule has 1 aromatic carbocycles.